The van der Waals surface area contributed by atoms with Crippen molar-refractivity contribution in [3.8, 4) is 0 Å². The van der Waals surface area contributed by atoms with Crippen molar-refractivity contribution in [1.29, 1.82) is 0 Å². The van der Waals surface area contributed by atoms with E-state index >= 15 is 0 Å². The smallest absolute Gasteiger partial charge is 0.251 e. The van der Waals surface area contributed by atoms with Crippen molar-refractivity contribution < 1.29 is 18.7 Å². The molecular formula is C21H25F2NO2. The summed E-state index contributed by atoms with van der Waals surface area (Å²) in [4.78, 5) is 12.4. The molecule has 2 aromatic carbocycles. The molecule has 140 valence electrons. The zero-order valence-corrected chi connectivity index (χ0v) is 15.4. The van der Waals surface area contributed by atoms with Crippen molar-refractivity contribution in [3.63, 3.8) is 0 Å². The van der Waals surface area contributed by atoms with Crippen LogP contribution in [-0.4, -0.2) is 22.7 Å². The highest BCUT2D eigenvalue weighted by Crippen LogP contribution is 2.18. The van der Waals surface area contributed by atoms with Gasteiger partial charge in [-0.25, -0.2) is 8.78 Å². The highest BCUT2D eigenvalue weighted by Gasteiger charge is 2.20. The molecule has 0 spiro atoms. The van der Waals surface area contributed by atoms with Gasteiger partial charge in [0.25, 0.3) is 5.91 Å². The number of rotatable bonds is 6. The third-order valence-electron chi connectivity index (χ3n) is 3.96. The molecule has 5 heteroatoms. The topological polar surface area (TPSA) is 49.3 Å². The van der Waals surface area contributed by atoms with Crippen molar-refractivity contribution in [2.45, 2.75) is 51.7 Å². The van der Waals surface area contributed by atoms with Crippen molar-refractivity contribution in [2.75, 3.05) is 0 Å². The predicted molar refractivity (Wildman–Crippen MR) is 98.1 cm³/mol. The molecule has 2 aromatic rings. The molecule has 0 aliphatic carbocycles. The Kier molecular flexibility index (Phi) is 6.48. The van der Waals surface area contributed by atoms with E-state index in [-0.39, 0.29) is 18.1 Å². The molecular weight excluding hydrogens is 336 g/mol. The largest absolute Gasteiger partial charge is 0.393 e. The van der Waals surface area contributed by atoms with Crippen LogP contribution >= 0.6 is 0 Å². The van der Waals surface area contributed by atoms with Gasteiger partial charge >= 0.3 is 0 Å². The number of amides is 1. The molecule has 0 fully saturated rings. The molecule has 1 unspecified atom stereocenters. The molecule has 0 aromatic heterocycles. The summed E-state index contributed by atoms with van der Waals surface area (Å²) in [5.74, 6) is -1.09. The van der Waals surface area contributed by atoms with E-state index in [0.717, 1.165) is 0 Å². The number of carbonyl (C=O) groups is 1. The first-order valence-electron chi connectivity index (χ1n) is 8.68. The fraction of sp³-hybridized carbons (Fsp3) is 0.381. The Morgan fingerprint density at radius 3 is 2.46 bits per heavy atom. The average molecular weight is 361 g/mol. The summed E-state index contributed by atoms with van der Waals surface area (Å²) >= 11 is 0. The van der Waals surface area contributed by atoms with Crippen LogP contribution in [0.4, 0.5) is 8.78 Å². The predicted octanol–water partition coefficient (Wildman–Crippen LogP) is 4.03. The van der Waals surface area contributed by atoms with Crippen LogP contribution < -0.4 is 5.32 Å². The molecule has 1 atom stereocenters. The van der Waals surface area contributed by atoms with E-state index in [1.165, 1.54) is 24.3 Å². The third-order valence-corrected chi connectivity index (χ3v) is 3.96. The molecule has 0 saturated heterocycles. The summed E-state index contributed by atoms with van der Waals surface area (Å²) < 4.78 is 27.3. The Bertz CT molecular complexity index is 769. The lowest BCUT2D eigenvalue weighted by Crippen LogP contribution is -2.41. The van der Waals surface area contributed by atoms with Gasteiger partial charge < -0.3 is 10.4 Å². The van der Waals surface area contributed by atoms with Crippen LogP contribution in [0.25, 0.3) is 0 Å². The molecule has 0 heterocycles. The number of benzene rings is 2. The van der Waals surface area contributed by atoms with Gasteiger partial charge in [0.15, 0.2) is 0 Å². The first kappa shape index (κ1) is 20.0. The minimum absolute atomic E-state index is 0.124. The molecule has 0 saturated carbocycles. The zero-order chi connectivity index (χ0) is 19.3. The van der Waals surface area contributed by atoms with Crippen LogP contribution in [-0.2, 0) is 12.8 Å². The molecule has 26 heavy (non-hydrogen) atoms. The first-order chi connectivity index (χ1) is 12.2. The lowest BCUT2D eigenvalue weighted by atomic mass is 9.96. The van der Waals surface area contributed by atoms with Gasteiger partial charge in [0.1, 0.15) is 11.6 Å². The number of aryl methyl sites for hydroxylation is 1. The number of aliphatic hydroxyl groups is 1. The molecule has 3 nitrogen and oxygen atoms in total. The number of aliphatic hydroxyl groups excluding tert-OH is 1. The Morgan fingerprint density at radius 1 is 1.12 bits per heavy atom. The third kappa shape index (κ3) is 5.92. The van der Waals surface area contributed by atoms with Gasteiger partial charge in [-0.1, -0.05) is 18.2 Å². The van der Waals surface area contributed by atoms with Gasteiger partial charge in [-0.15, -0.1) is 0 Å². The minimum atomic E-state index is -0.808. The maximum atomic E-state index is 13.7. The van der Waals surface area contributed by atoms with Gasteiger partial charge in [0.05, 0.1) is 6.10 Å². The maximum absolute atomic E-state index is 13.7. The fourth-order valence-electron chi connectivity index (χ4n) is 2.74. The van der Waals surface area contributed by atoms with E-state index < -0.39 is 17.5 Å². The van der Waals surface area contributed by atoms with Crippen molar-refractivity contribution in [1.82, 2.24) is 5.32 Å². The fourth-order valence-corrected chi connectivity index (χ4v) is 2.74. The zero-order valence-electron chi connectivity index (χ0n) is 15.4. The number of hydrogen-bond donors (Lipinski definition) is 2. The van der Waals surface area contributed by atoms with E-state index in [1.54, 1.807) is 18.2 Å². The van der Waals surface area contributed by atoms with Gasteiger partial charge in [0, 0.05) is 11.1 Å². The Morgan fingerprint density at radius 2 is 1.81 bits per heavy atom. The lowest BCUT2D eigenvalue weighted by molar-refractivity contribution is 0.0917. The minimum Gasteiger partial charge on any atom is -0.393 e. The highest BCUT2D eigenvalue weighted by molar-refractivity contribution is 5.96. The second-order valence-electron chi connectivity index (χ2n) is 7.49. The van der Waals surface area contributed by atoms with E-state index in [4.69, 9.17) is 0 Å². The summed E-state index contributed by atoms with van der Waals surface area (Å²) in [6.07, 6.45) is 0.00130. The van der Waals surface area contributed by atoms with Gasteiger partial charge in [0.2, 0.25) is 0 Å². The number of hydrogen-bond acceptors (Lipinski definition) is 2. The average Bonchev–Trinajstić information content (AvgIpc) is 2.52. The second-order valence-corrected chi connectivity index (χ2v) is 7.49. The van der Waals surface area contributed by atoms with Crippen LogP contribution in [0.2, 0.25) is 0 Å². The molecule has 0 aliphatic heterocycles. The van der Waals surface area contributed by atoms with Crippen molar-refractivity contribution in [3.05, 3.63) is 70.8 Å². The van der Waals surface area contributed by atoms with E-state index in [1.807, 2.05) is 20.8 Å². The molecule has 1 amide bonds. The Hall–Kier alpha value is -2.27. The lowest BCUT2D eigenvalue weighted by Gasteiger charge is -2.22. The van der Waals surface area contributed by atoms with Gasteiger partial charge in [-0.05, 0) is 75.4 Å². The maximum Gasteiger partial charge on any atom is 0.251 e. The number of carbonyl (C=O) groups excluding carboxylic acids is 1. The van der Waals surface area contributed by atoms with Crippen molar-refractivity contribution >= 4 is 5.91 Å². The van der Waals surface area contributed by atoms with E-state index in [0.29, 0.717) is 29.5 Å². The summed E-state index contributed by atoms with van der Waals surface area (Å²) in [6.45, 7) is 5.58. The second kappa shape index (κ2) is 8.41. The first-order valence-corrected chi connectivity index (χ1v) is 8.68. The van der Waals surface area contributed by atoms with E-state index in [9.17, 15) is 18.7 Å². The van der Waals surface area contributed by atoms with E-state index in [2.05, 4.69) is 5.32 Å². The quantitative estimate of drug-likeness (QED) is 0.816. The van der Waals surface area contributed by atoms with Crippen molar-refractivity contribution in [2.24, 2.45) is 0 Å². The molecule has 2 rings (SSSR count). The van der Waals surface area contributed by atoms with Gasteiger partial charge in [-0.2, -0.15) is 0 Å². The SMILES string of the molecule is CC(C)(C)NC(=O)c1ccc(F)cc1CC(O)CCc1ccccc1F. The molecule has 0 bridgehead atoms. The Labute approximate surface area is 153 Å². The van der Waals surface area contributed by atoms with Crippen LogP contribution in [0.1, 0.15) is 48.7 Å². The number of halogens is 2. The molecule has 2 N–H and O–H groups in total. The summed E-state index contributed by atoms with van der Waals surface area (Å²) in [7, 11) is 0. The summed E-state index contributed by atoms with van der Waals surface area (Å²) in [5.41, 5.74) is 0.877. The molecule has 0 radical (unpaired) electrons. The normalized spacial score (nSPS) is 12.7. The summed E-state index contributed by atoms with van der Waals surface area (Å²) in [5, 5.41) is 13.1. The highest BCUT2D eigenvalue weighted by atomic mass is 19.1. The Balaban J connectivity index is 2.09. The van der Waals surface area contributed by atoms with Crippen LogP contribution in [0.15, 0.2) is 42.5 Å². The molecule has 0 aliphatic rings. The van der Waals surface area contributed by atoms with Crippen LogP contribution in [0, 0.1) is 11.6 Å². The monoisotopic (exact) mass is 361 g/mol. The number of nitrogens with one attached hydrogen (secondary N) is 1. The van der Waals surface area contributed by atoms with Crippen LogP contribution in [0.3, 0.4) is 0 Å². The standard InChI is InChI=1S/C21H25F2NO2/c1-21(2,3)24-20(26)18-11-9-16(22)12-15(18)13-17(25)10-8-14-6-4-5-7-19(14)23/h4-7,9,11-12,17,25H,8,10,13H2,1-3H3,(H,24,26). The summed E-state index contributed by atoms with van der Waals surface area (Å²) in [6, 6.07) is 10.3. The van der Waals surface area contributed by atoms with Crippen LogP contribution in [0.5, 0.6) is 0 Å². The van der Waals surface area contributed by atoms with Gasteiger partial charge in [-0.3, -0.25) is 4.79 Å².